The molecule has 0 aliphatic heterocycles. The second kappa shape index (κ2) is 8.03. The van der Waals surface area contributed by atoms with Crippen LogP contribution in [-0.2, 0) is 4.74 Å². The zero-order chi connectivity index (χ0) is 16.7. The van der Waals surface area contributed by atoms with Crippen molar-refractivity contribution in [2.24, 2.45) is 0 Å². The van der Waals surface area contributed by atoms with Crippen molar-refractivity contribution in [1.82, 2.24) is 0 Å². The lowest BCUT2D eigenvalue weighted by Crippen LogP contribution is -2.05. The molecule has 0 aliphatic rings. The summed E-state index contributed by atoms with van der Waals surface area (Å²) in [7, 11) is 0. The highest BCUT2D eigenvalue weighted by Gasteiger charge is 2.13. The van der Waals surface area contributed by atoms with E-state index in [1.807, 2.05) is 19.9 Å². The minimum absolute atomic E-state index is 0.0958. The van der Waals surface area contributed by atoms with E-state index in [2.05, 4.69) is 0 Å². The minimum Gasteiger partial charge on any atom is -0.507 e. The summed E-state index contributed by atoms with van der Waals surface area (Å²) in [6.07, 6.45) is 1.67. The van der Waals surface area contributed by atoms with Gasteiger partial charge in [-0.15, -0.1) is 0 Å². The van der Waals surface area contributed by atoms with Crippen LogP contribution < -0.4 is 4.74 Å². The third-order valence-electron chi connectivity index (χ3n) is 3.04. The second-order valence-electron chi connectivity index (χ2n) is 5.29. The highest BCUT2D eigenvalue weighted by molar-refractivity contribution is 6.10. The minimum atomic E-state index is -0.221. The normalized spacial score (nSPS) is 10.0. The van der Waals surface area contributed by atoms with E-state index in [0.717, 1.165) is 5.57 Å². The summed E-state index contributed by atoms with van der Waals surface area (Å²) in [6.45, 7) is 4.66. The summed E-state index contributed by atoms with van der Waals surface area (Å²) < 4.78 is 10.7. The van der Waals surface area contributed by atoms with Gasteiger partial charge in [-0.2, -0.15) is 0 Å². The van der Waals surface area contributed by atoms with Gasteiger partial charge in [0.1, 0.15) is 24.7 Å². The van der Waals surface area contributed by atoms with Crippen LogP contribution in [0, 0.1) is 0 Å². The van der Waals surface area contributed by atoms with E-state index in [-0.39, 0.29) is 17.1 Å². The summed E-state index contributed by atoms with van der Waals surface area (Å²) in [6, 6.07) is 13.5. The maximum absolute atomic E-state index is 12.3. The number of carbonyl (C=O) groups is 1. The van der Waals surface area contributed by atoms with Crippen molar-refractivity contribution in [3.63, 3.8) is 0 Å². The van der Waals surface area contributed by atoms with Crippen molar-refractivity contribution in [1.29, 1.82) is 0 Å². The number of aromatic hydroxyl groups is 1. The lowest BCUT2D eigenvalue weighted by Gasteiger charge is -2.09. The van der Waals surface area contributed by atoms with Crippen molar-refractivity contribution in [2.45, 2.75) is 13.8 Å². The van der Waals surface area contributed by atoms with Crippen molar-refractivity contribution in [3.8, 4) is 11.5 Å². The van der Waals surface area contributed by atoms with Gasteiger partial charge in [0.15, 0.2) is 5.78 Å². The first kappa shape index (κ1) is 16.6. The summed E-state index contributed by atoms with van der Waals surface area (Å²) in [5.41, 5.74) is 1.86. The van der Waals surface area contributed by atoms with E-state index >= 15 is 0 Å². The van der Waals surface area contributed by atoms with Crippen LogP contribution in [0.25, 0.3) is 0 Å². The maximum Gasteiger partial charge on any atom is 0.196 e. The smallest absolute Gasteiger partial charge is 0.196 e. The number of rotatable bonds is 7. The number of ether oxygens (including phenoxy) is 2. The molecular weight excluding hydrogens is 292 g/mol. The molecule has 0 aromatic heterocycles. The number of allylic oxidation sites excluding steroid dienone is 1. The third kappa shape index (κ3) is 4.88. The molecule has 0 radical (unpaired) electrons. The average molecular weight is 312 g/mol. The van der Waals surface area contributed by atoms with Gasteiger partial charge in [0.2, 0.25) is 0 Å². The van der Waals surface area contributed by atoms with E-state index in [1.165, 1.54) is 6.07 Å². The van der Waals surface area contributed by atoms with E-state index in [0.29, 0.717) is 24.5 Å². The standard InChI is InChI=1S/C19H20O4/c1-14(2)13-22-10-11-23-16-8-9-17(18(20)12-16)19(21)15-6-4-3-5-7-15/h3-9,12-13,20H,10-11H2,1-2H3. The Hall–Kier alpha value is -2.75. The molecule has 0 aliphatic carbocycles. The molecule has 120 valence electrons. The van der Waals surface area contributed by atoms with Gasteiger partial charge >= 0.3 is 0 Å². The van der Waals surface area contributed by atoms with Crippen LogP contribution in [0.5, 0.6) is 11.5 Å². The molecule has 0 spiro atoms. The quantitative estimate of drug-likeness (QED) is 0.478. The van der Waals surface area contributed by atoms with Crippen LogP contribution in [0.15, 0.2) is 60.4 Å². The molecule has 4 nitrogen and oxygen atoms in total. The topological polar surface area (TPSA) is 55.8 Å². The van der Waals surface area contributed by atoms with Crippen molar-refractivity contribution < 1.29 is 19.4 Å². The SMILES string of the molecule is CC(C)=COCCOc1ccc(C(=O)c2ccccc2)c(O)c1. The molecule has 0 amide bonds. The Balaban J connectivity index is 1.98. The number of benzene rings is 2. The molecule has 23 heavy (non-hydrogen) atoms. The number of phenolic OH excluding ortho intramolecular Hbond substituents is 1. The predicted molar refractivity (Wildman–Crippen MR) is 88.9 cm³/mol. The number of hydrogen-bond acceptors (Lipinski definition) is 4. The molecule has 1 N–H and O–H groups in total. The number of hydrogen-bond donors (Lipinski definition) is 1. The molecule has 0 fully saturated rings. The van der Waals surface area contributed by atoms with Crippen molar-refractivity contribution in [3.05, 3.63) is 71.5 Å². The van der Waals surface area contributed by atoms with Gasteiger partial charge in [0, 0.05) is 11.6 Å². The Morgan fingerprint density at radius 2 is 1.83 bits per heavy atom. The summed E-state index contributed by atoms with van der Waals surface area (Å²) >= 11 is 0. The van der Waals surface area contributed by atoms with Crippen LogP contribution in [0.4, 0.5) is 0 Å². The number of carbonyl (C=O) groups excluding carboxylic acids is 1. The summed E-state index contributed by atoms with van der Waals surface area (Å²) in [5, 5.41) is 10.1. The van der Waals surface area contributed by atoms with Crippen LogP contribution in [0.2, 0.25) is 0 Å². The highest BCUT2D eigenvalue weighted by atomic mass is 16.5. The monoisotopic (exact) mass is 312 g/mol. The van der Waals surface area contributed by atoms with E-state index < -0.39 is 0 Å². The molecule has 2 aromatic rings. The highest BCUT2D eigenvalue weighted by Crippen LogP contribution is 2.25. The Morgan fingerprint density at radius 1 is 1.09 bits per heavy atom. The number of phenols is 1. The molecule has 0 unspecified atom stereocenters. The van der Waals surface area contributed by atoms with Gasteiger partial charge < -0.3 is 14.6 Å². The fourth-order valence-electron chi connectivity index (χ4n) is 1.97. The largest absolute Gasteiger partial charge is 0.507 e. The molecule has 0 saturated carbocycles. The van der Waals surface area contributed by atoms with Crippen molar-refractivity contribution >= 4 is 5.78 Å². The zero-order valence-electron chi connectivity index (χ0n) is 13.3. The molecule has 0 saturated heterocycles. The van der Waals surface area contributed by atoms with Crippen LogP contribution in [0.3, 0.4) is 0 Å². The fraction of sp³-hybridized carbons (Fsp3) is 0.211. The third-order valence-corrected chi connectivity index (χ3v) is 3.04. The predicted octanol–water partition coefficient (Wildman–Crippen LogP) is 3.94. The molecule has 4 heteroatoms. The Bertz CT molecular complexity index is 686. The molecular formula is C19H20O4. The maximum atomic E-state index is 12.3. The Labute approximate surface area is 136 Å². The summed E-state index contributed by atoms with van der Waals surface area (Å²) in [5.74, 6) is 0.177. The van der Waals surface area contributed by atoms with Gasteiger partial charge in [0.25, 0.3) is 0 Å². The van der Waals surface area contributed by atoms with Gasteiger partial charge in [-0.1, -0.05) is 30.3 Å². The van der Waals surface area contributed by atoms with Crippen LogP contribution in [0.1, 0.15) is 29.8 Å². The lowest BCUT2D eigenvalue weighted by molar-refractivity contribution is 0.103. The molecule has 0 bridgehead atoms. The average Bonchev–Trinajstić information content (AvgIpc) is 2.54. The first-order valence-corrected chi connectivity index (χ1v) is 7.38. The fourth-order valence-corrected chi connectivity index (χ4v) is 1.97. The van der Waals surface area contributed by atoms with Crippen LogP contribution >= 0.6 is 0 Å². The second-order valence-corrected chi connectivity index (χ2v) is 5.29. The Morgan fingerprint density at radius 3 is 2.48 bits per heavy atom. The van der Waals surface area contributed by atoms with Gasteiger partial charge in [-0.25, -0.2) is 0 Å². The Kier molecular flexibility index (Phi) is 5.80. The molecule has 2 aromatic carbocycles. The molecule has 2 rings (SSSR count). The van der Waals surface area contributed by atoms with Gasteiger partial charge in [-0.3, -0.25) is 4.79 Å². The molecule has 0 atom stereocenters. The lowest BCUT2D eigenvalue weighted by atomic mass is 10.0. The van der Waals surface area contributed by atoms with E-state index in [1.54, 1.807) is 42.7 Å². The van der Waals surface area contributed by atoms with E-state index in [9.17, 15) is 9.90 Å². The van der Waals surface area contributed by atoms with Gasteiger partial charge in [0.05, 0.1) is 11.8 Å². The van der Waals surface area contributed by atoms with Crippen molar-refractivity contribution in [2.75, 3.05) is 13.2 Å². The van der Waals surface area contributed by atoms with Gasteiger partial charge in [-0.05, 0) is 31.6 Å². The zero-order valence-corrected chi connectivity index (χ0v) is 13.3. The van der Waals surface area contributed by atoms with E-state index in [4.69, 9.17) is 9.47 Å². The number of ketones is 1. The summed E-state index contributed by atoms with van der Waals surface area (Å²) in [4.78, 5) is 12.3. The first-order chi connectivity index (χ1) is 11.1. The van der Waals surface area contributed by atoms with Crippen LogP contribution in [-0.4, -0.2) is 24.1 Å². The molecule has 0 heterocycles. The first-order valence-electron chi connectivity index (χ1n) is 7.38.